The number of hydrogen-bond acceptors (Lipinski definition) is 6. The van der Waals surface area contributed by atoms with Crippen molar-refractivity contribution in [3.05, 3.63) is 67.8 Å². The Morgan fingerprint density at radius 1 is 1.22 bits per heavy atom. The van der Waals surface area contributed by atoms with Crippen LogP contribution in [0, 0.1) is 24.2 Å². The maximum absolute atomic E-state index is 13.2. The third-order valence-corrected chi connectivity index (χ3v) is 8.71. The lowest BCUT2D eigenvalue weighted by atomic mass is 9.90. The molecule has 6 nitrogen and oxygen atoms in total. The van der Waals surface area contributed by atoms with E-state index in [4.69, 9.17) is 12.2 Å². The van der Waals surface area contributed by atoms with Crippen molar-refractivity contribution in [2.75, 3.05) is 18.0 Å². The second-order valence-corrected chi connectivity index (χ2v) is 11.3. The van der Waals surface area contributed by atoms with E-state index < -0.39 is 0 Å². The fourth-order valence-corrected chi connectivity index (χ4v) is 6.51. The molecular weight excluding hydrogens is 488 g/mol. The highest BCUT2D eigenvalue weighted by Crippen LogP contribution is 2.37. The van der Waals surface area contributed by atoms with Crippen LogP contribution < -0.4 is 10.5 Å². The Hall–Kier alpha value is -2.89. The predicted molar refractivity (Wildman–Crippen MR) is 151 cm³/mol. The minimum Gasteiger partial charge on any atom is -0.357 e. The van der Waals surface area contributed by atoms with Crippen LogP contribution in [0.15, 0.2) is 40.0 Å². The van der Waals surface area contributed by atoms with Gasteiger partial charge in [-0.3, -0.25) is 19.1 Å². The van der Waals surface area contributed by atoms with Gasteiger partial charge in [0.05, 0.1) is 4.91 Å². The summed E-state index contributed by atoms with van der Waals surface area (Å²) in [5.41, 5.74) is 2.52. The van der Waals surface area contributed by atoms with E-state index in [-0.39, 0.29) is 23.1 Å². The first kappa shape index (κ1) is 26.2. The largest absolute Gasteiger partial charge is 0.357 e. The van der Waals surface area contributed by atoms with E-state index in [0.717, 1.165) is 50.2 Å². The molecule has 1 unspecified atom stereocenters. The minimum absolute atomic E-state index is 0.0161. The van der Waals surface area contributed by atoms with Crippen LogP contribution in [0.1, 0.15) is 55.4 Å². The number of thioether (sulfide) groups is 1. The summed E-state index contributed by atoms with van der Waals surface area (Å²) in [6, 6.07) is 12.6. The number of carbonyl (C=O) groups excluding carboxylic acids is 1. The van der Waals surface area contributed by atoms with Gasteiger partial charge in [0.15, 0.2) is 0 Å². The molecule has 2 saturated heterocycles. The number of rotatable bonds is 6. The summed E-state index contributed by atoms with van der Waals surface area (Å²) in [7, 11) is 1.72. The number of aromatic nitrogens is 1. The number of nitriles is 1. The number of benzene rings is 1. The molecule has 0 N–H and O–H groups in total. The van der Waals surface area contributed by atoms with Gasteiger partial charge in [0, 0.05) is 31.7 Å². The van der Waals surface area contributed by atoms with Gasteiger partial charge in [-0.2, -0.15) is 5.26 Å². The minimum atomic E-state index is -0.305. The van der Waals surface area contributed by atoms with Crippen LogP contribution in [0.3, 0.4) is 0 Å². The fourth-order valence-electron chi connectivity index (χ4n) is 5.06. The third-order valence-electron chi connectivity index (χ3n) is 7.38. The van der Waals surface area contributed by atoms with E-state index in [1.165, 1.54) is 17.3 Å². The molecule has 36 heavy (non-hydrogen) atoms. The highest BCUT2D eigenvalue weighted by molar-refractivity contribution is 8.26. The molecule has 188 valence electrons. The van der Waals surface area contributed by atoms with Crippen LogP contribution >= 0.6 is 24.0 Å². The van der Waals surface area contributed by atoms with Crippen LogP contribution in [-0.2, 0) is 18.3 Å². The molecule has 1 amide bonds. The highest BCUT2D eigenvalue weighted by Gasteiger charge is 2.35. The predicted octanol–water partition coefficient (Wildman–Crippen LogP) is 5.02. The zero-order valence-electron chi connectivity index (χ0n) is 21.3. The van der Waals surface area contributed by atoms with E-state index in [1.54, 1.807) is 23.4 Å². The average Bonchev–Trinajstić information content (AvgIpc) is 3.16. The lowest BCUT2D eigenvalue weighted by Crippen LogP contribution is -2.39. The fraction of sp³-hybridized carbons (Fsp3) is 0.429. The maximum atomic E-state index is 13.2. The summed E-state index contributed by atoms with van der Waals surface area (Å²) in [6.07, 6.45) is 5.71. The number of anilines is 1. The number of nitrogens with zero attached hydrogens (tertiary/aromatic N) is 4. The van der Waals surface area contributed by atoms with Gasteiger partial charge in [0.1, 0.15) is 21.8 Å². The van der Waals surface area contributed by atoms with Crippen LogP contribution in [-0.4, -0.2) is 38.8 Å². The molecule has 2 aromatic rings. The van der Waals surface area contributed by atoms with Gasteiger partial charge in [0.25, 0.3) is 11.5 Å². The SMILES string of the molecule is CCC(C)N1C(=O)/C(=C/c2c(C)c(C#N)c(=O)n(C)c2N2CCC(Cc3ccccc3)CC2)SC1=S. The normalized spacial score (nSPS) is 18.7. The van der Waals surface area contributed by atoms with Crippen molar-refractivity contribution in [2.24, 2.45) is 13.0 Å². The van der Waals surface area contributed by atoms with Crippen LogP contribution in [0.2, 0.25) is 0 Å². The first-order chi connectivity index (χ1) is 17.3. The maximum Gasteiger partial charge on any atom is 0.270 e. The van der Waals surface area contributed by atoms with Crippen molar-refractivity contribution in [1.29, 1.82) is 5.26 Å². The van der Waals surface area contributed by atoms with Crippen molar-refractivity contribution < 1.29 is 4.79 Å². The summed E-state index contributed by atoms with van der Waals surface area (Å²) in [6.45, 7) is 7.44. The van der Waals surface area contributed by atoms with Crippen molar-refractivity contribution >= 4 is 46.1 Å². The van der Waals surface area contributed by atoms with E-state index in [9.17, 15) is 14.9 Å². The molecule has 1 aromatic heterocycles. The molecule has 0 spiro atoms. The molecule has 3 heterocycles. The molecule has 8 heteroatoms. The first-order valence-corrected chi connectivity index (χ1v) is 13.7. The number of pyridine rings is 1. The van der Waals surface area contributed by atoms with Crippen LogP contribution in [0.4, 0.5) is 5.82 Å². The van der Waals surface area contributed by atoms with E-state index in [0.29, 0.717) is 20.7 Å². The quantitative estimate of drug-likeness (QED) is 0.393. The van der Waals surface area contributed by atoms with E-state index in [1.807, 2.05) is 26.0 Å². The molecule has 0 radical (unpaired) electrons. The molecule has 0 bridgehead atoms. The van der Waals surface area contributed by atoms with Gasteiger partial charge in [0.2, 0.25) is 0 Å². The molecule has 2 aliphatic rings. The molecule has 2 aliphatic heterocycles. The topological polar surface area (TPSA) is 69.3 Å². The van der Waals surface area contributed by atoms with Crippen molar-refractivity contribution in [3.63, 3.8) is 0 Å². The number of carbonyl (C=O) groups is 1. The van der Waals surface area contributed by atoms with Crippen molar-refractivity contribution in [1.82, 2.24) is 9.47 Å². The molecule has 2 fully saturated rings. The van der Waals surface area contributed by atoms with E-state index >= 15 is 0 Å². The number of hydrogen-bond donors (Lipinski definition) is 0. The summed E-state index contributed by atoms with van der Waals surface area (Å²) in [5, 5.41) is 9.73. The zero-order valence-corrected chi connectivity index (χ0v) is 22.9. The van der Waals surface area contributed by atoms with Gasteiger partial charge in [-0.25, -0.2) is 0 Å². The highest BCUT2D eigenvalue weighted by atomic mass is 32.2. The standard InChI is InChI=1S/C28H32N4O2S2/c1-5-18(2)32-27(34)24(36-28(32)35)16-22-19(3)23(17-29)26(33)30(4)25(22)31-13-11-21(12-14-31)15-20-9-7-6-8-10-20/h6-10,16,18,21H,5,11-15H2,1-4H3/b24-16-. The summed E-state index contributed by atoms with van der Waals surface area (Å²) < 4.78 is 2.12. The Bertz CT molecular complexity index is 1300. The molecule has 0 aliphatic carbocycles. The summed E-state index contributed by atoms with van der Waals surface area (Å²) in [5.74, 6) is 1.23. The van der Waals surface area contributed by atoms with Gasteiger partial charge >= 0.3 is 0 Å². The molecule has 1 aromatic carbocycles. The Morgan fingerprint density at radius 3 is 2.50 bits per heavy atom. The van der Waals surface area contributed by atoms with Gasteiger partial charge in [-0.1, -0.05) is 61.2 Å². The van der Waals surface area contributed by atoms with Crippen LogP contribution in [0.5, 0.6) is 0 Å². The molecule has 4 rings (SSSR count). The summed E-state index contributed by atoms with van der Waals surface area (Å²) >= 11 is 6.80. The van der Waals surface area contributed by atoms with Gasteiger partial charge < -0.3 is 4.90 Å². The lowest BCUT2D eigenvalue weighted by molar-refractivity contribution is -0.123. The Labute approximate surface area is 222 Å². The first-order valence-electron chi connectivity index (χ1n) is 12.5. The third kappa shape index (κ3) is 5.00. The molecule has 0 saturated carbocycles. The van der Waals surface area contributed by atoms with Crippen molar-refractivity contribution in [2.45, 2.75) is 52.5 Å². The average molecular weight is 521 g/mol. The smallest absolute Gasteiger partial charge is 0.270 e. The summed E-state index contributed by atoms with van der Waals surface area (Å²) in [4.78, 5) is 30.7. The van der Waals surface area contributed by atoms with Gasteiger partial charge in [-0.15, -0.1) is 0 Å². The second kappa shape index (κ2) is 11.0. The molecular formula is C28H32N4O2S2. The molecule has 1 atom stereocenters. The monoisotopic (exact) mass is 520 g/mol. The Kier molecular flexibility index (Phi) is 8.01. The zero-order chi connectivity index (χ0) is 26.0. The second-order valence-electron chi connectivity index (χ2n) is 9.64. The van der Waals surface area contributed by atoms with E-state index in [2.05, 4.69) is 35.2 Å². The van der Waals surface area contributed by atoms with Gasteiger partial charge in [-0.05, 0) is 62.7 Å². The Balaban J connectivity index is 1.69. The Morgan fingerprint density at radius 2 is 1.89 bits per heavy atom. The van der Waals surface area contributed by atoms with Crippen LogP contribution in [0.25, 0.3) is 6.08 Å². The number of amides is 1. The lowest BCUT2D eigenvalue weighted by Gasteiger charge is -2.36. The van der Waals surface area contributed by atoms with Crippen molar-refractivity contribution in [3.8, 4) is 6.07 Å². The number of thiocarbonyl (C=S) groups is 1. The number of piperidine rings is 1.